The van der Waals surface area contributed by atoms with Gasteiger partial charge in [0.1, 0.15) is 6.10 Å². The molecule has 0 saturated carbocycles. The van der Waals surface area contributed by atoms with Crippen molar-refractivity contribution in [3.8, 4) is 6.01 Å². The highest BCUT2D eigenvalue weighted by Crippen LogP contribution is 2.24. The molecule has 0 N–H and O–H groups in total. The Hall–Kier alpha value is -1.43. The number of hydrogen-bond donors (Lipinski definition) is 0. The molecule has 0 aliphatic carbocycles. The Labute approximate surface area is 144 Å². The Kier molecular flexibility index (Phi) is 5.30. The highest BCUT2D eigenvalue weighted by Gasteiger charge is 2.21. The average molecular weight is 356 g/mol. The molecule has 2 aromatic rings. The van der Waals surface area contributed by atoms with Crippen molar-refractivity contribution in [2.24, 2.45) is 0 Å². The maximum atomic E-state index is 12.8. The molecule has 2 heterocycles. The van der Waals surface area contributed by atoms with Crippen LogP contribution in [0.4, 0.5) is 4.39 Å². The van der Waals surface area contributed by atoms with Gasteiger partial charge in [-0.3, -0.25) is 4.90 Å². The summed E-state index contributed by atoms with van der Waals surface area (Å²) >= 11 is 12.0. The summed E-state index contributed by atoms with van der Waals surface area (Å²) in [7, 11) is 0. The lowest BCUT2D eigenvalue weighted by atomic mass is 10.1. The van der Waals surface area contributed by atoms with Crippen molar-refractivity contribution in [1.29, 1.82) is 0 Å². The molecule has 7 heteroatoms. The summed E-state index contributed by atoms with van der Waals surface area (Å²) < 4.78 is 18.5. The van der Waals surface area contributed by atoms with E-state index in [0.29, 0.717) is 10.0 Å². The van der Waals surface area contributed by atoms with Crippen molar-refractivity contribution in [2.75, 3.05) is 13.1 Å². The fourth-order valence-corrected chi connectivity index (χ4v) is 2.91. The molecule has 0 radical (unpaired) electrons. The quantitative estimate of drug-likeness (QED) is 0.831. The Morgan fingerprint density at radius 3 is 2.48 bits per heavy atom. The molecule has 0 unspecified atom stereocenters. The molecule has 1 aromatic carbocycles. The van der Waals surface area contributed by atoms with E-state index in [1.165, 1.54) is 0 Å². The molecule has 0 bridgehead atoms. The number of aromatic nitrogens is 2. The van der Waals surface area contributed by atoms with E-state index < -0.39 is 5.82 Å². The predicted molar refractivity (Wildman–Crippen MR) is 87.4 cm³/mol. The highest BCUT2D eigenvalue weighted by molar-refractivity contribution is 6.42. The van der Waals surface area contributed by atoms with E-state index in [-0.39, 0.29) is 12.1 Å². The molecule has 3 rings (SSSR count). The normalized spacial score (nSPS) is 16.5. The smallest absolute Gasteiger partial charge is 0.316 e. The van der Waals surface area contributed by atoms with Crippen LogP contribution in [0, 0.1) is 5.82 Å². The maximum absolute atomic E-state index is 12.8. The molecule has 1 aliphatic rings. The lowest BCUT2D eigenvalue weighted by Crippen LogP contribution is -2.38. The van der Waals surface area contributed by atoms with Crippen LogP contribution < -0.4 is 4.74 Å². The fraction of sp³-hybridized carbons (Fsp3) is 0.375. The van der Waals surface area contributed by atoms with Gasteiger partial charge in [-0.15, -0.1) is 0 Å². The monoisotopic (exact) mass is 355 g/mol. The van der Waals surface area contributed by atoms with E-state index in [1.54, 1.807) is 0 Å². The van der Waals surface area contributed by atoms with Crippen molar-refractivity contribution in [3.63, 3.8) is 0 Å². The van der Waals surface area contributed by atoms with Gasteiger partial charge in [-0.05, 0) is 30.5 Å². The van der Waals surface area contributed by atoms with Gasteiger partial charge in [-0.1, -0.05) is 29.3 Å². The zero-order valence-electron chi connectivity index (χ0n) is 12.4. The van der Waals surface area contributed by atoms with Gasteiger partial charge < -0.3 is 4.74 Å². The van der Waals surface area contributed by atoms with Gasteiger partial charge in [0.05, 0.1) is 22.4 Å². The molecule has 4 nitrogen and oxygen atoms in total. The van der Waals surface area contributed by atoms with E-state index >= 15 is 0 Å². The molecule has 1 fully saturated rings. The molecule has 122 valence electrons. The van der Waals surface area contributed by atoms with Crippen LogP contribution in [0.2, 0.25) is 10.0 Å². The van der Waals surface area contributed by atoms with E-state index in [9.17, 15) is 4.39 Å². The van der Waals surface area contributed by atoms with E-state index in [1.807, 2.05) is 18.2 Å². The number of ether oxygens (including phenoxy) is 1. The number of likely N-dealkylation sites (tertiary alicyclic amines) is 1. The first-order chi connectivity index (χ1) is 11.1. The topological polar surface area (TPSA) is 38.2 Å². The lowest BCUT2D eigenvalue weighted by molar-refractivity contribution is 0.0890. The first kappa shape index (κ1) is 16.4. The molecule has 1 aliphatic heterocycles. The summed E-state index contributed by atoms with van der Waals surface area (Å²) in [5, 5.41) is 1.15. The Bertz CT molecular complexity index is 661. The molecule has 0 amide bonds. The van der Waals surface area contributed by atoms with E-state index in [4.69, 9.17) is 27.9 Å². The molecule has 23 heavy (non-hydrogen) atoms. The van der Waals surface area contributed by atoms with Crippen LogP contribution >= 0.6 is 23.2 Å². The first-order valence-corrected chi connectivity index (χ1v) is 8.16. The minimum Gasteiger partial charge on any atom is -0.460 e. The number of hydrogen-bond acceptors (Lipinski definition) is 4. The zero-order valence-corrected chi connectivity index (χ0v) is 13.9. The van der Waals surface area contributed by atoms with Crippen LogP contribution in [-0.4, -0.2) is 34.1 Å². The minimum atomic E-state index is -0.464. The Morgan fingerprint density at radius 1 is 1.13 bits per heavy atom. The zero-order chi connectivity index (χ0) is 16.2. The van der Waals surface area contributed by atoms with Gasteiger partial charge in [0, 0.05) is 19.6 Å². The van der Waals surface area contributed by atoms with E-state index in [2.05, 4.69) is 14.9 Å². The van der Waals surface area contributed by atoms with Gasteiger partial charge >= 0.3 is 6.01 Å². The summed E-state index contributed by atoms with van der Waals surface area (Å²) in [6, 6.07) is 5.94. The summed E-state index contributed by atoms with van der Waals surface area (Å²) in [6.45, 7) is 2.65. The second-order valence-electron chi connectivity index (χ2n) is 5.53. The number of benzene rings is 1. The maximum Gasteiger partial charge on any atom is 0.316 e. The third-order valence-corrected chi connectivity index (χ3v) is 4.53. The van der Waals surface area contributed by atoms with Crippen molar-refractivity contribution < 1.29 is 9.13 Å². The predicted octanol–water partition coefficient (Wildman–Crippen LogP) is 3.97. The Morgan fingerprint density at radius 2 is 1.83 bits per heavy atom. The van der Waals surface area contributed by atoms with Crippen LogP contribution in [0.1, 0.15) is 18.4 Å². The number of halogens is 3. The number of nitrogens with zero attached hydrogens (tertiary/aromatic N) is 3. The van der Waals surface area contributed by atoms with Crippen LogP contribution in [0.15, 0.2) is 30.6 Å². The van der Waals surface area contributed by atoms with Crippen molar-refractivity contribution in [1.82, 2.24) is 14.9 Å². The van der Waals surface area contributed by atoms with Gasteiger partial charge in [0.25, 0.3) is 0 Å². The summed E-state index contributed by atoms with van der Waals surface area (Å²) in [5.74, 6) is -0.464. The van der Waals surface area contributed by atoms with Crippen LogP contribution in [0.25, 0.3) is 0 Å². The standard InChI is InChI=1S/C16H16Cl2FN3O/c17-14-2-1-11(7-15(14)18)10-22-5-3-13(4-6-22)23-16-20-8-12(19)9-21-16/h1-2,7-9,13H,3-6,10H2. The summed E-state index contributed by atoms with van der Waals surface area (Å²) in [4.78, 5) is 9.99. The average Bonchev–Trinajstić information content (AvgIpc) is 2.55. The third-order valence-electron chi connectivity index (χ3n) is 3.79. The number of rotatable bonds is 4. The lowest BCUT2D eigenvalue weighted by Gasteiger charge is -2.31. The molecule has 0 atom stereocenters. The summed E-state index contributed by atoms with van der Waals surface area (Å²) in [5.41, 5.74) is 1.14. The minimum absolute atomic E-state index is 0.0607. The molecular formula is C16H16Cl2FN3O. The molecule has 1 aromatic heterocycles. The Balaban J connectivity index is 1.50. The van der Waals surface area contributed by atoms with Crippen LogP contribution in [0.3, 0.4) is 0 Å². The van der Waals surface area contributed by atoms with Crippen molar-refractivity contribution in [2.45, 2.75) is 25.5 Å². The van der Waals surface area contributed by atoms with Crippen molar-refractivity contribution in [3.05, 3.63) is 52.0 Å². The second kappa shape index (κ2) is 7.43. The second-order valence-corrected chi connectivity index (χ2v) is 6.34. The van der Waals surface area contributed by atoms with Gasteiger partial charge in [0.2, 0.25) is 0 Å². The first-order valence-electron chi connectivity index (χ1n) is 7.40. The van der Waals surface area contributed by atoms with Gasteiger partial charge in [-0.2, -0.15) is 0 Å². The molecule has 1 saturated heterocycles. The number of piperidine rings is 1. The molecular weight excluding hydrogens is 340 g/mol. The van der Waals surface area contributed by atoms with Crippen LogP contribution in [0.5, 0.6) is 6.01 Å². The van der Waals surface area contributed by atoms with E-state index in [0.717, 1.165) is 50.4 Å². The van der Waals surface area contributed by atoms with Crippen LogP contribution in [-0.2, 0) is 6.54 Å². The highest BCUT2D eigenvalue weighted by atomic mass is 35.5. The SMILES string of the molecule is Fc1cnc(OC2CCN(Cc3ccc(Cl)c(Cl)c3)CC2)nc1. The molecule has 0 spiro atoms. The largest absolute Gasteiger partial charge is 0.460 e. The fourth-order valence-electron chi connectivity index (χ4n) is 2.59. The third kappa shape index (κ3) is 4.53. The van der Waals surface area contributed by atoms with Gasteiger partial charge in [-0.25, -0.2) is 14.4 Å². The van der Waals surface area contributed by atoms with Gasteiger partial charge in [0.15, 0.2) is 5.82 Å². The van der Waals surface area contributed by atoms with Crippen molar-refractivity contribution >= 4 is 23.2 Å². The summed E-state index contributed by atoms with van der Waals surface area (Å²) in [6.07, 6.45) is 4.04.